The van der Waals surface area contributed by atoms with Gasteiger partial charge in [-0.05, 0) is 29.5 Å². The Morgan fingerprint density at radius 1 is 1.25 bits per heavy atom. The summed E-state index contributed by atoms with van der Waals surface area (Å²) in [7, 11) is 0. The van der Waals surface area contributed by atoms with Crippen LogP contribution >= 0.6 is 11.8 Å². The monoisotopic (exact) mass is 291 g/mol. The first-order valence-electron chi connectivity index (χ1n) is 7.27. The van der Waals surface area contributed by atoms with Crippen LogP contribution in [-0.4, -0.2) is 28.6 Å². The average Bonchev–Trinajstić information content (AvgIpc) is 2.86. The molecule has 2 heterocycles. The van der Waals surface area contributed by atoms with Crippen molar-refractivity contribution in [2.75, 3.05) is 13.1 Å². The number of hydrogen-bond donors (Lipinski definition) is 3. The molecule has 108 valence electrons. The van der Waals surface area contributed by atoms with Crippen LogP contribution in [0.25, 0.3) is 0 Å². The summed E-state index contributed by atoms with van der Waals surface area (Å²) in [4.78, 5) is 0. The van der Waals surface area contributed by atoms with Crippen LogP contribution in [0.1, 0.15) is 31.2 Å². The lowest BCUT2D eigenvalue weighted by molar-refractivity contribution is 0.369. The van der Waals surface area contributed by atoms with E-state index in [4.69, 9.17) is 0 Å². The summed E-state index contributed by atoms with van der Waals surface area (Å²) in [6.45, 7) is 4.22. The van der Waals surface area contributed by atoms with Gasteiger partial charge in [0.15, 0.2) is 11.5 Å². The number of rotatable bonds is 3. The van der Waals surface area contributed by atoms with E-state index >= 15 is 0 Å². The van der Waals surface area contributed by atoms with Gasteiger partial charge in [-0.3, -0.25) is 0 Å². The van der Waals surface area contributed by atoms with Gasteiger partial charge in [0.1, 0.15) is 0 Å². The molecule has 2 aliphatic rings. The summed E-state index contributed by atoms with van der Waals surface area (Å²) in [5.41, 5.74) is 2.67. The largest absolute Gasteiger partial charge is 0.504 e. The van der Waals surface area contributed by atoms with Crippen LogP contribution in [0.2, 0.25) is 0 Å². The molecule has 20 heavy (non-hydrogen) atoms. The van der Waals surface area contributed by atoms with Gasteiger partial charge < -0.3 is 15.5 Å². The Labute approximate surface area is 124 Å². The van der Waals surface area contributed by atoms with E-state index < -0.39 is 0 Å². The van der Waals surface area contributed by atoms with Crippen molar-refractivity contribution in [1.29, 1.82) is 0 Å². The fraction of sp³-hybridized carbons (Fsp3) is 0.500. The molecule has 0 spiro atoms. The van der Waals surface area contributed by atoms with Gasteiger partial charge in [0.2, 0.25) is 0 Å². The van der Waals surface area contributed by atoms with E-state index in [1.54, 1.807) is 17.7 Å². The highest BCUT2D eigenvalue weighted by Gasteiger charge is 2.39. The van der Waals surface area contributed by atoms with Gasteiger partial charge in [-0.25, -0.2) is 0 Å². The molecule has 0 saturated carbocycles. The van der Waals surface area contributed by atoms with E-state index in [2.05, 4.69) is 17.6 Å². The molecule has 4 heteroatoms. The number of phenols is 2. The van der Waals surface area contributed by atoms with Crippen molar-refractivity contribution in [3.63, 3.8) is 0 Å². The molecule has 2 aliphatic heterocycles. The summed E-state index contributed by atoms with van der Waals surface area (Å²) in [6.07, 6.45) is 2.34. The van der Waals surface area contributed by atoms with E-state index in [1.165, 1.54) is 6.42 Å². The minimum Gasteiger partial charge on any atom is -0.504 e. The van der Waals surface area contributed by atoms with Gasteiger partial charge in [-0.15, -0.1) is 11.8 Å². The first-order valence-corrected chi connectivity index (χ1v) is 8.22. The number of aromatic hydroxyl groups is 2. The van der Waals surface area contributed by atoms with Crippen LogP contribution in [0.3, 0.4) is 0 Å². The van der Waals surface area contributed by atoms with Crippen molar-refractivity contribution in [2.45, 2.75) is 30.9 Å². The molecule has 3 atom stereocenters. The normalized spacial score (nSPS) is 29.1. The van der Waals surface area contributed by atoms with Gasteiger partial charge in [-0.1, -0.05) is 25.0 Å². The van der Waals surface area contributed by atoms with Crippen LogP contribution in [0.5, 0.6) is 11.5 Å². The number of piperidine rings is 1. The molecule has 1 saturated heterocycles. The lowest BCUT2D eigenvalue weighted by Gasteiger charge is -2.36. The molecule has 0 aliphatic carbocycles. The standard InChI is InChI=1S/C16H21NO2S/c1-2-3-11-9-20-15-8-17-7-12(16(11)15)10-4-5-13(18)14(19)6-10/h4-6,9,12,15-19H,2-3,7-8H2,1H3/t12-,15?,16?/m1/s1. The van der Waals surface area contributed by atoms with Crippen molar-refractivity contribution >= 4 is 11.8 Å². The fourth-order valence-corrected chi connectivity index (χ4v) is 4.76. The average molecular weight is 291 g/mol. The smallest absolute Gasteiger partial charge is 0.157 e. The third kappa shape index (κ3) is 2.42. The van der Waals surface area contributed by atoms with E-state index in [0.29, 0.717) is 17.1 Å². The minimum absolute atomic E-state index is 0.0173. The Balaban J connectivity index is 1.90. The highest BCUT2D eigenvalue weighted by atomic mass is 32.2. The number of allylic oxidation sites excluding steroid dienone is 1. The predicted octanol–water partition coefficient (Wildman–Crippen LogP) is 3.20. The molecule has 3 nitrogen and oxygen atoms in total. The van der Waals surface area contributed by atoms with Crippen molar-refractivity contribution < 1.29 is 10.2 Å². The lowest BCUT2D eigenvalue weighted by Crippen LogP contribution is -2.43. The zero-order valence-electron chi connectivity index (χ0n) is 11.7. The first-order chi connectivity index (χ1) is 9.70. The number of nitrogens with one attached hydrogen (secondary N) is 1. The van der Waals surface area contributed by atoms with Crippen LogP contribution < -0.4 is 5.32 Å². The summed E-state index contributed by atoms with van der Waals surface area (Å²) in [6, 6.07) is 5.26. The number of phenolic OH excluding ortho intramolecular Hbond substituents is 2. The van der Waals surface area contributed by atoms with E-state index in [1.807, 2.05) is 17.8 Å². The second kappa shape index (κ2) is 5.70. The SMILES string of the molecule is CCCC1=CSC2CNC[C@H](c3ccc(O)c(O)c3)C12. The van der Waals surface area contributed by atoms with Gasteiger partial charge in [0.25, 0.3) is 0 Å². The van der Waals surface area contributed by atoms with Gasteiger partial charge in [0.05, 0.1) is 0 Å². The van der Waals surface area contributed by atoms with Gasteiger partial charge in [-0.2, -0.15) is 0 Å². The molecular formula is C16H21NO2S. The number of thioether (sulfide) groups is 1. The molecule has 0 radical (unpaired) electrons. The second-order valence-corrected chi connectivity index (χ2v) is 6.77. The van der Waals surface area contributed by atoms with Crippen molar-refractivity contribution in [3.8, 4) is 11.5 Å². The van der Waals surface area contributed by atoms with Crippen LogP contribution in [0, 0.1) is 5.92 Å². The molecule has 1 aromatic rings. The zero-order valence-corrected chi connectivity index (χ0v) is 12.5. The van der Waals surface area contributed by atoms with Crippen molar-refractivity contribution in [3.05, 3.63) is 34.7 Å². The Bertz CT molecular complexity index is 529. The second-order valence-electron chi connectivity index (χ2n) is 5.66. The molecule has 1 aromatic carbocycles. The summed E-state index contributed by atoms with van der Waals surface area (Å²) >= 11 is 1.94. The molecule has 0 bridgehead atoms. The maximum absolute atomic E-state index is 9.75. The Hall–Kier alpha value is -1.13. The Kier molecular flexibility index (Phi) is 3.94. The molecule has 1 fully saturated rings. The third-order valence-electron chi connectivity index (χ3n) is 4.33. The fourth-order valence-electron chi connectivity index (χ4n) is 3.39. The lowest BCUT2D eigenvalue weighted by atomic mass is 9.76. The first kappa shape index (κ1) is 13.8. The number of benzene rings is 1. The summed E-state index contributed by atoms with van der Waals surface area (Å²) < 4.78 is 0. The molecule has 3 N–H and O–H groups in total. The quantitative estimate of drug-likeness (QED) is 0.749. The number of fused-ring (bicyclic) bond motifs is 1. The topological polar surface area (TPSA) is 52.5 Å². The van der Waals surface area contributed by atoms with E-state index in [0.717, 1.165) is 25.1 Å². The van der Waals surface area contributed by atoms with Crippen LogP contribution in [0.4, 0.5) is 0 Å². The molecule has 2 unspecified atom stereocenters. The summed E-state index contributed by atoms with van der Waals surface area (Å²) in [5, 5.41) is 25.7. The van der Waals surface area contributed by atoms with Gasteiger partial charge in [0, 0.05) is 30.2 Å². The maximum atomic E-state index is 9.75. The third-order valence-corrected chi connectivity index (χ3v) is 5.58. The predicted molar refractivity (Wildman–Crippen MR) is 83.2 cm³/mol. The highest BCUT2D eigenvalue weighted by molar-refractivity contribution is 8.03. The van der Waals surface area contributed by atoms with Crippen LogP contribution in [-0.2, 0) is 0 Å². The summed E-state index contributed by atoms with van der Waals surface area (Å²) in [5.74, 6) is 0.883. The van der Waals surface area contributed by atoms with Crippen LogP contribution in [0.15, 0.2) is 29.2 Å². The molecule has 0 amide bonds. The van der Waals surface area contributed by atoms with Crippen molar-refractivity contribution in [1.82, 2.24) is 5.32 Å². The number of hydrogen-bond acceptors (Lipinski definition) is 4. The molecular weight excluding hydrogens is 270 g/mol. The molecule has 0 aromatic heterocycles. The van der Waals surface area contributed by atoms with Gasteiger partial charge >= 0.3 is 0 Å². The van der Waals surface area contributed by atoms with E-state index in [9.17, 15) is 10.2 Å². The Morgan fingerprint density at radius 3 is 2.85 bits per heavy atom. The molecule has 3 rings (SSSR count). The Morgan fingerprint density at radius 2 is 2.10 bits per heavy atom. The zero-order chi connectivity index (χ0) is 14.1. The maximum Gasteiger partial charge on any atom is 0.157 e. The van der Waals surface area contributed by atoms with Crippen molar-refractivity contribution in [2.24, 2.45) is 5.92 Å². The minimum atomic E-state index is -0.0424. The highest BCUT2D eigenvalue weighted by Crippen LogP contribution is 2.47. The van der Waals surface area contributed by atoms with E-state index in [-0.39, 0.29) is 11.5 Å².